The molecule has 3 aromatic rings. The molecule has 3 aliphatic heterocycles. The van der Waals surface area contributed by atoms with E-state index >= 15 is 0 Å². The van der Waals surface area contributed by atoms with E-state index in [2.05, 4.69) is 43.8 Å². The highest BCUT2D eigenvalue weighted by molar-refractivity contribution is 5.94. The number of rotatable bonds is 6. The molecule has 216 valence electrons. The average molecular weight is 559 g/mol. The molecular weight excluding hydrogens is 519 g/mol. The van der Waals surface area contributed by atoms with Crippen molar-refractivity contribution in [2.75, 3.05) is 71.0 Å². The first-order chi connectivity index (χ1) is 20.0. The number of amidine groups is 1. The molecule has 0 saturated carbocycles. The molecule has 0 spiro atoms. The molecule has 2 N–H and O–H groups in total. The van der Waals surface area contributed by atoms with Crippen LogP contribution in [0.5, 0.6) is 0 Å². The van der Waals surface area contributed by atoms with Crippen LogP contribution in [0.3, 0.4) is 0 Å². The maximum Gasteiger partial charge on any atom is 0.130 e. The van der Waals surface area contributed by atoms with Gasteiger partial charge in [0, 0.05) is 38.8 Å². The fraction of sp³-hybridized carbons (Fsp3) is 0.452. The van der Waals surface area contributed by atoms with Gasteiger partial charge in [0.25, 0.3) is 0 Å². The monoisotopic (exact) mass is 558 g/mol. The van der Waals surface area contributed by atoms with Crippen LogP contribution < -0.4 is 4.90 Å². The summed E-state index contributed by atoms with van der Waals surface area (Å²) in [7, 11) is 2.22. The van der Waals surface area contributed by atoms with E-state index in [0.717, 1.165) is 48.9 Å². The van der Waals surface area contributed by atoms with Crippen LogP contribution >= 0.6 is 0 Å². The van der Waals surface area contributed by atoms with Crippen LogP contribution in [-0.4, -0.2) is 108 Å². The van der Waals surface area contributed by atoms with Gasteiger partial charge >= 0.3 is 0 Å². The maximum atomic E-state index is 13.8. The topological polar surface area (TPSA) is 87.6 Å². The number of hydrogen-bond donors (Lipinski definition) is 2. The lowest BCUT2D eigenvalue weighted by Crippen LogP contribution is -2.53. The van der Waals surface area contributed by atoms with Crippen molar-refractivity contribution in [1.82, 2.24) is 29.7 Å². The number of likely N-dealkylation sites (tertiary alicyclic amines) is 1. The summed E-state index contributed by atoms with van der Waals surface area (Å²) in [6.45, 7) is 8.03. The molecule has 3 fully saturated rings. The Kier molecular flexibility index (Phi) is 8.41. The number of aromatic amines is 1. The highest BCUT2D eigenvalue weighted by atomic mass is 19.1. The van der Waals surface area contributed by atoms with Gasteiger partial charge in [-0.1, -0.05) is 18.2 Å². The molecule has 0 radical (unpaired) electrons. The Morgan fingerprint density at radius 3 is 2.66 bits per heavy atom. The SMILES string of the molecule is CN1CCC(N2CCN(c3cccc(-c4cnc(/C=C\C(=N)N5CCOCC5c5cccc(F)c5)[nH]4)n3)CC2)CC1. The second kappa shape index (κ2) is 12.5. The Morgan fingerprint density at radius 2 is 1.85 bits per heavy atom. The number of ether oxygens (including phenoxy) is 1. The minimum Gasteiger partial charge on any atom is -0.377 e. The number of nitrogens with one attached hydrogen (secondary N) is 2. The van der Waals surface area contributed by atoms with E-state index < -0.39 is 0 Å². The predicted molar refractivity (Wildman–Crippen MR) is 160 cm³/mol. The number of imidazole rings is 1. The molecule has 41 heavy (non-hydrogen) atoms. The number of piperidine rings is 1. The van der Waals surface area contributed by atoms with Crippen LogP contribution in [0.15, 0.2) is 54.7 Å². The van der Waals surface area contributed by atoms with E-state index in [1.807, 2.05) is 17.0 Å². The summed E-state index contributed by atoms with van der Waals surface area (Å²) in [5.74, 6) is 1.69. The number of anilines is 1. The standard InChI is InChI=1S/C31H39FN8O/c1-37-12-10-25(11-13-37)38-14-16-39(17-15-38)31-7-3-6-26(36-31)27-21-34-30(35-27)9-8-29(33)40-18-19-41-22-28(40)23-4-2-5-24(32)20-23/h2-9,20-21,25,28,33H,10-19,22H2,1H3,(H,34,35)/b9-8-,33-29?. The van der Waals surface area contributed by atoms with E-state index in [1.54, 1.807) is 24.4 Å². The van der Waals surface area contributed by atoms with Crippen LogP contribution in [0.2, 0.25) is 0 Å². The third kappa shape index (κ3) is 6.50. The van der Waals surface area contributed by atoms with Crippen molar-refractivity contribution < 1.29 is 9.13 Å². The normalized spacial score (nSPS) is 21.6. The van der Waals surface area contributed by atoms with Crippen LogP contribution in [-0.2, 0) is 4.74 Å². The zero-order valence-electron chi connectivity index (χ0n) is 23.7. The zero-order valence-corrected chi connectivity index (χ0v) is 23.7. The summed E-state index contributed by atoms with van der Waals surface area (Å²) in [4.78, 5) is 22.2. The molecule has 1 aromatic carbocycles. The van der Waals surface area contributed by atoms with Crippen LogP contribution in [0.25, 0.3) is 17.5 Å². The highest BCUT2D eigenvalue weighted by Gasteiger charge is 2.28. The number of morpholine rings is 1. The molecule has 5 heterocycles. The molecule has 9 nitrogen and oxygen atoms in total. The lowest BCUT2D eigenvalue weighted by Gasteiger charge is -2.42. The van der Waals surface area contributed by atoms with E-state index in [1.165, 1.54) is 38.1 Å². The molecule has 3 aliphatic rings. The lowest BCUT2D eigenvalue weighted by atomic mass is 10.0. The number of pyridine rings is 1. The van der Waals surface area contributed by atoms with Crippen LogP contribution in [0.4, 0.5) is 10.2 Å². The fourth-order valence-electron chi connectivity index (χ4n) is 6.11. The molecule has 0 bridgehead atoms. The van der Waals surface area contributed by atoms with E-state index in [0.29, 0.717) is 37.5 Å². The number of aromatic nitrogens is 3. The molecule has 2 aromatic heterocycles. The van der Waals surface area contributed by atoms with E-state index in [-0.39, 0.29) is 11.9 Å². The van der Waals surface area contributed by atoms with Gasteiger partial charge in [-0.3, -0.25) is 10.3 Å². The number of benzene rings is 1. The van der Waals surface area contributed by atoms with Crippen molar-refractivity contribution in [3.05, 3.63) is 71.9 Å². The molecule has 1 unspecified atom stereocenters. The summed E-state index contributed by atoms with van der Waals surface area (Å²) < 4.78 is 19.5. The fourth-order valence-corrected chi connectivity index (χ4v) is 6.11. The smallest absolute Gasteiger partial charge is 0.130 e. The van der Waals surface area contributed by atoms with E-state index in [9.17, 15) is 4.39 Å². The Labute approximate surface area is 241 Å². The van der Waals surface area contributed by atoms with Gasteiger partial charge in [-0.2, -0.15) is 0 Å². The average Bonchev–Trinajstić information content (AvgIpc) is 3.50. The second-order valence-electron chi connectivity index (χ2n) is 11.2. The first-order valence-electron chi connectivity index (χ1n) is 14.6. The second-order valence-corrected chi connectivity index (χ2v) is 11.2. The first kappa shape index (κ1) is 27.6. The van der Waals surface area contributed by atoms with Gasteiger partial charge in [0.1, 0.15) is 23.3 Å². The highest BCUT2D eigenvalue weighted by Crippen LogP contribution is 2.26. The molecule has 6 rings (SSSR count). The summed E-state index contributed by atoms with van der Waals surface area (Å²) >= 11 is 0. The number of H-pyrrole nitrogens is 1. The number of nitrogens with zero attached hydrogens (tertiary/aromatic N) is 6. The summed E-state index contributed by atoms with van der Waals surface area (Å²) in [6, 6.07) is 13.2. The predicted octanol–water partition coefficient (Wildman–Crippen LogP) is 3.89. The first-order valence-corrected chi connectivity index (χ1v) is 14.6. The van der Waals surface area contributed by atoms with Crippen LogP contribution in [0, 0.1) is 11.2 Å². The maximum absolute atomic E-state index is 13.8. The molecule has 0 amide bonds. The van der Waals surface area contributed by atoms with Crippen molar-refractivity contribution in [2.24, 2.45) is 0 Å². The summed E-state index contributed by atoms with van der Waals surface area (Å²) in [6.07, 6.45) is 7.85. The van der Waals surface area contributed by atoms with E-state index in [4.69, 9.17) is 15.1 Å². The number of piperazine rings is 1. The van der Waals surface area contributed by atoms with Gasteiger partial charge in [-0.25, -0.2) is 14.4 Å². The Bertz CT molecular complexity index is 1360. The summed E-state index contributed by atoms with van der Waals surface area (Å²) in [5.41, 5.74) is 2.49. The molecule has 0 aliphatic carbocycles. The minimum absolute atomic E-state index is 0.207. The largest absolute Gasteiger partial charge is 0.377 e. The minimum atomic E-state index is -0.286. The number of halogens is 1. The molecule has 10 heteroatoms. The van der Waals surface area contributed by atoms with Crippen molar-refractivity contribution >= 4 is 17.7 Å². The third-order valence-corrected chi connectivity index (χ3v) is 8.52. The Hall–Kier alpha value is -3.60. The van der Waals surface area contributed by atoms with Crippen molar-refractivity contribution in [3.63, 3.8) is 0 Å². The third-order valence-electron chi connectivity index (χ3n) is 8.52. The van der Waals surface area contributed by atoms with Crippen LogP contribution in [0.1, 0.15) is 30.3 Å². The quantitative estimate of drug-likeness (QED) is 0.351. The van der Waals surface area contributed by atoms with Crippen molar-refractivity contribution in [2.45, 2.75) is 24.9 Å². The van der Waals surface area contributed by atoms with Gasteiger partial charge < -0.3 is 24.4 Å². The Balaban J connectivity index is 1.08. The Morgan fingerprint density at radius 1 is 1.05 bits per heavy atom. The van der Waals surface area contributed by atoms with Gasteiger partial charge in [0.05, 0.1) is 36.8 Å². The van der Waals surface area contributed by atoms with Crippen molar-refractivity contribution in [1.29, 1.82) is 5.41 Å². The molecular formula is C31H39FN8O. The zero-order chi connectivity index (χ0) is 28.2. The molecule has 1 atom stereocenters. The molecule has 3 saturated heterocycles. The van der Waals surface area contributed by atoms with Gasteiger partial charge in [0.2, 0.25) is 0 Å². The van der Waals surface area contributed by atoms with Gasteiger partial charge in [-0.15, -0.1) is 0 Å². The number of hydrogen-bond acceptors (Lipinski definition) is 7. The van der Waals surface area contributed by atoms with Gasteiger partial charge in [-0.05, 0) is 75.0 Å². The lowest BCUT2D eigenvalue weighted by molar-refractivity contribution is 0.0258. The van der Waals surface area contributed by atoms with Gasteiger partial charge in [0.15, 0.2) is 0 Å². The summed E-state index contributed by atoms with van der Waals surface area (Å²) in [5, 5.41) is 8.69. The van der Waals surface area contributed by atoms with Crippen molar-refractivity contribution in [3.8, 4) is 11.4 Å².